The summed E-state index contributed by atoms with van der Waals surface area (Å²) in [6.07, 6.45) is 0. The van der Waals surface area contributed by atoms with Crippen molar-refractivity contribution in [2.75, 3.05) is 7.05 Å². The van der Waals surface area contributed by atoms with E-state index in [0.717, 1.165) is 0 Å². The van der Waals surface area contributed by atoms with Gasteiger partial charge in [0.1, 0.15) is 5.01 Å². The van der Waals surface area contributed by atoms with Crippen LogP contribution in [0.4, 0.5) is 0 Å². The summed E-state index contributed by atoms with van der Waals surface area (Å²) < 4.78 is 0. The lowest BCUT2D eigenvalue weighted by atomic mass is 10.1. The highest BCUT2D eigenvalue weighted by molar-refractivity contribution is 7.11. The summed E-state index contributed by atoms with van der Waals surface area (Å²) in [5, 5.41) is 8.86. The summed E-state index contributed by atoms with van der Waals surface area (Å²) in [7, 11) is 2.00. The molecule has 0 fully saturated rings. The van der Waals surface area contributed by atoms with Gasteiger partial charge in [0.2, 0.25) is 0 Å². The first-order chi connectivity index (χ1) is 8.13. The van der Waals surface area contributed by atoms with Crippen molar-refractivity contribution in [2.24, 2.45) is 0 Å². The minimum absolute atomic E-state index is 0.243. The number of aromatic nitrogens is 1. The van der Waals surface area contributed by atoms with Gasteiger partial charge in [-0.15, -0.1) is 22.7 Å². The van der Waals surface area contributed by atoms with Crippen molar-refractivity contribution >= 4 is 22.7 Å². The summed E-state index contributed by atoms with van der Waals surface area (Å²) in [5.74, 6) is 0.502. The van der Waals surface area contributed by atoms with Crippen molar-refractivity contribution in [2.45, 2.75) is 32.7 Å². The molecule has 1 unspecified atom stereocenters. The largest absolute Gasteiger partial charge is 0.307 e. The Balaban J connectivity index is 2.32. The Bertz CT molecular complexity index is 485. The van der Waals surface area contributed by atoms with E-state index in [0.29, 0.717) is 5.92 Å². The molecular formula is C13H18N2S2. The van der Waals surface area contributed by atoms with Crippen LogP contribution in [-0.2, 0) is 0 Å². The Hall–Kier alpha value is -0.710. The second-order valence-corrected chi connectivity index (χ2v) is 6.29. The lowest BCUT2D eigenvalue weighted by Crippen LogP contribution is -2.17. The molecule has 0 saturated carbocycles. The average molecular weight is 266 g/mol. The maximum atomic E-state index is 4.74. The van der Waals surface area contributed by atoms with Gasteiger partial charge >= 0.3 is 0 Å². The van der Waals surface area contributed by atoms with Crippen molar-refractivity contribution in [1.82, 2.24) is 10.3 Å². The van der Waals surface area contributed by atoms with Crippen LogP contribution in [0.3, 0.4) is 0 Å². The fraction of sp³-hybridized carbons (Fsp3) is 0.462. The Morgan fingerprint density at radius 3 is 2.53 bits per heavy atom. The Kier molecular flexibility index (Phi) is 3.97. The van der Waals surface area contributed by atoms with Gasteiger partial charge < -0.3 is 5.32 Å². The molecule has 2 nitrogen and oxygen atoms in total. The van der Waals surface area contributed by atoms with Gasteiger partial charge in [-0.1, -0.05) is 13.8 Å². The number of hydrogen-bond donors (Lipinski definition) is 1. The normalized spacial score (nSPS) is 13.2. The molecule has 4 heteroatoms. The molecule has 2 heterocycles. The van der Waals surface area contributed by atoms with E-state index in [1.165, 1.54) is 21.1 Å². The summed E-state index contributed by atoms with van der Waals surface area (Å²) in [5.41, 5.74) is 2.54. The smallest absolute Gasteiger partial charge is 0.115 e. The molecule has 0 bridgehead atoms. The number of thiophene rings is 1. The summed E-state index contributed by atoms with van der Waals surface area (Å²) in [4.78, 5) is 6.11. The zero-order valence-electron chi connectivity index (χ0n) is 10.7. The number of hydrogen-bond acceptors (Lipinski definition) is 4. The molecule has 0 spiro atoms. The minimum Gasteiger partial charge on any atom is -0.307 e. The van der Waals surface area contributed by atoms with Crippen LogP contribution in [0.15, 0.2) is 16.8 Å². The standard InChI is InChI=1S/C13H18N2S2/c1-8(2)10-7-17-13(15-10)11(14-4)12-9(3)5-6-16-12/h5-8,11,14H,1-4H3. The molecule has 0 aromatic carbocycles. The average Bonchev–Trinajstić information content (AvgIpc) is 2.90. The minimum atomic E-state index is 0.243. The fourth-order valence-electron chi connectivity index (χ4n) is 1.75. The van der Waals surface area contributed by atoms with Crippen molar-refractivity contribution in [1.29, 1.82) is 0 Å². The molecule has 0 saturated heterocycles. The van der Waals surface area contributed by atoms with Crippen LogP contribution in [0, 0.1) is 6.92 Å². The second-order valence-electron chi connectivity index (χ2n) is 4.45. The van der Waals surface area contributed by atoms with Gasteiger partial charge in [-0.3, -0.25) is 0 Å². The third-order valence-corrected chi connectivity index (χ3v) is 4.84. The van der Waals surface area contributed by atoms with Crippen LogP contribution in [0.25, 0.3) is 0 Å². The molecule has 0 aliphatic heterocycles. The fourth-order valence-corrected chi connectivity index (χ4v) is 3.95. The predicted molar refractivity (Wildman–Crippen MR) is 76.2 cm³/mol. The molecule has 1 atom stereocenters. The second kappa shape index (κ2) is 5.29. The van der Waals surface area contributed by atoms with E-state index in [9.17, 15) is 0 Å². The van der Waals surface area contributed by atoms with Gasteiger partial charge in [0.15, 0.2) is 0 Å². The molecule has 1 N–H and O–H groups in total. The van der Waals surface area contributed by atoms with Crippen molar-refractivity contribution < 1.29 is 0 Å². The van der Waals surface area contributed by atoms with Crippen LogP contribution in [-0.4, -0.2) is 12.0 Å². The SMILES string of the molecule is CNC(c1nc(C(C)C)cs1)c1sccc1C. The van der Waals surface area contributed by atoms with Gasteiger partial charge in [-0.25, -0.2) is 4.98 Å². The topological polar surface area (TPSA) is 24.9 Å². The molecule has 2 rings (SSSR count). The molecule has 0 aliphatic carbocycles. The number of rotatable bonds is 4. The van der Waals surface area contributed by atoms with Crippen LogP contribution < -0.4 is 5.32 Å². The van der Waals surface area contributed by atoms with E-state index in [4.69, 9.17) is 4.98 Å². The molecule has 92 valence electrons. The molecular weight excluding hydrogens is 248 g/mol. The van der Waals surface area contributed by atoms with E-state index in [1.54, 1.807) is 22.7 Å². The quantitative estimate of drug-likeness (QED) is 0.906. The van der Waals surface area contributed by atoms with Crippen molar-refractivity contribution in [3.63, 3.8) is 0 Å². The van der Waals surface area contributed by atoms with E-state index in [1.807, 2.05) is 7.05 Å². The van der Waals surface area contributed by atoms with Crippen LogP contribution >= 0.6 is 22.7 Å². The maximum Gasteiger partial charge on any atom is 0.115 e. The number of thiazole rings is 1. The van der Waals surface area contributed by atoms with Crippen molar-refractivity contribution in [3.05, 3.63) is 38.0 Å². The molecule has 0 amide bonds. The van der Waals surface area contributed by atoms with Crippen LogP contribution in [0.2, 0.25) is 0 Å². The first-order valence-electron chi connectivity index (χ1n) is 5.80. The highest BCUT2D eigenvalue weighted by Crippen LogP contribution is 2.31. The van der Waals surface area contributed by atoms with Crippen molar-refractivity contribution in [3.8, 4) is 0 Å². The van der Waals surface area contributed by atoms with Gasteiger partial charge in [0.25, 0.3) is 0 Å². The molecule has 2 aromatic heterocycles. The first kappa shape index (κ1) is 12.7. The Morgan fingerprint density at radius 1 is 1.29 bits per heavy atom. The Labute approximate surface area is 111 Å². The molecule has 17 heavy (non-hydrogen) atoms. The highest BCUT2D eigenvalue weighted by atomic mass is 32.1. The summed E-state index contributed by atoms with van der Waals surface area (Å²) in [6, 6.07) is 2.41. The zero-order chi connectivity index (χ0) is 12.4. The number of nitrogens with zero attached hydrogens (tertiary/aromatic N) is 1. The van der Waals surface area contributed by atoms with Gasteiger partial charge in [-0.05, 0) is 36.9 Å². The maximum absolute atomic E-state index is 4.74. The van der Waals surface area contributed by atoms with Gasteiger partial charge in [0.05, 0.1) is 11.7 Å². The van der Waals surface area contributed by atoms with E-state index in [2.05, 4.69) is 42.9 Å². The molecule has 2 aromatic rings. The number of nitrogens with one attached hydrogen (secondary N) is 1. The van der Waals surface area contributed by atoms with Gasteiger partial charge in [-0.2, -0.15) is 0 Å². The lowest BCUT2D eigenvalue weighted by Gasteiger charge is -2.12. The van der Waals surface area contributed by atoms with Crippen LogP contribution in [0.1, 0.15) is 46.9 Å². The summed E-state index contributed by atoms with van der Waals surface area (Å²) >= 11 is 3.55. The third kappa shape index (κ3) is 2.59. The van der Waals surface area contributed by atoms with E-state index >= 15 is 0 Å². The van der Waals surface area contributed by atoms with E-state index in [-0.39, 0.29) is 6.04 Å². The van der Waals surface area contributed by atoms with Crippen LogP contribution in [0.5, 0.6) is 0 Å². The Morgan fingerprint density at radius 2 is 2.06 bits per heavy atom. The summed E-state index contributed by atoms with van der Waals surface area (Å²) in [6.45, 7) is 6.53. The lowest BCUT2D eigenvalue weighted by molar-refractivity contribution is 0.686. The van der Waals surface area contributed by atoms with Gasteiger partial charge in [0, 0.05) is 10.3 Å². The van der Waals surface area contributed by atoms with E-state index < -0.39 is 0 Å². The highest BCUT2D eigenvalue weighted by Gasteiger charge is 2.19. The first-order valence-corrected chi connectivity index (χ1v) is 7.56. The molecule has 0 aliphatic rings. The molecule has 0 radical (unpaired) electrons. The number of aryl methyl sites for hydroxylation is 1. The zero-order valence-corrected chi connectivity index (χ0v) is 12.3. The predicted octanol–water partition coefficient (Wildman–Crippen LogP) is 3.95. The third-order valence-electron chi connectivity index (χ3n) is 2.83. The monoisotopic (exact) mass is 266 g/mol.